The second kappa shape index (κ2) is 9.80. The summed E-state index contributed by atoms with van der Waals surface area (Å²) in [5.41, 5.74) is 5.19. The van der Waals surface area contributed by atoms with Gasteiger partial charge in [-0.05, 0) is 60.9 Å². The first kappa shape index (κ1) is 21.3. The number of aliphatic imine (C=N–C) groups is 1. The summed E-state index contributed by atoms with van der Waals surface area (Å²) < 4.78 is 13.2. The van der Waals surface area contributed by atoms with Gasteiger partial charge in [0.1, 0.15) is 5.82 Å². The minimum Gasteiger partial charge on any atom is -0.298 e. The lowest BCUT2D eigenvalue weighted by Gasteiger charge is -2.48. The van der Waals surface area contributed by atoms with Gasteiger partial charge in [0.15, 0.2) is 0 Å². The predicted octanol–water partition coefficient (Wildman–Crippen LogP) is 5.92. The molecule has 0 amide bonds. The summed E-state index contributed by atoms with van der Waals surface area (Å²) in [5, 5.41) is 0. The van der Waals surface area contributed by atoms with Gasteiger partial charge < -0.3 is 0 Å². The molecule has 1 fully saturated rings. The molecular formula is C24H33FN2. The van der Waals surface area contributed by atoms with Crippen LogP contribution in [-0.4, -0.2) is 37.3 Å². The Hall–Kier alpha value is -2.00. The SMILES string of the molecule is C/C=C/C(=C\C=C(/CC)c1ccc(F)cc1)CN1CC(C)(C/C(C)=N\C)C1. The highest BCUT2D eigenvalue weighted by Gasteiger charge is 2.38. The van der Waals surface area contributed by atoms with Crippen LogP contribution in [0.2, 0.25) is 0 Å². The molecule has 146 valence electrons. The molecule has 1 aromatic carbocycles. The summed E-state index contributed by atoms with van der Waals surface area (Å²) in [6, 6.07) is 6.76. The van der Waals surface area contributed by atoms with Gasteiger partial charge in [-0.15, -0.1) is 0 Å². The van der Waals surface area contributed by atoms with Crippen molar-refractivity contribution in [1.29, 1.82) is 0 Å². The molecule has 0 unspecified atom stereocenters. The fourth-order valence-electron chi connectivity index (χ4n) is 3.88. The lowest BCUT2D eigenvalue weighted by molar-refractivity contribution is 0.0306. The first-order chi connectivity index (χ1) is 12.9. The summed E-state index contributed by atoms with van der Waals surface area (Å²) in [6.07, 6.45) is 10.7. The van der Waals surface area contributed by atoms with Gasteiger partial charge in [0.2, 0.25) is 0 Å². The minimum absolute atomic E-state index is 0.191. The van der Waals surface area contributed by atoms with Crippen molar-refractivity contribution in [2.24, 2.45) is 10.4 Å². The highest BCUT2D eigenvalue weighted by atomic mass is 19.1. The Morgan fingerprint density at radius 3 is 2.44 bits per heavy atom. The van der Waals surface area contributed by atoms with Gasteiger partial charge in [0, 0.05) is 32.4 Å². The monoisotopic (exact) mass is 368 g/mol. The number of hydrogen-bond acceptors (Lipinski definition) is 2. The van der Waals surface area contributed by atoms with Gasteiger partial charge in [-0.2, -0.15) is 0 Å². The molecule has 1 aliphatic rings. The largest absolute Gasteiger partial charge is 0.298 e. The standard InChI is InChI=1S/C24H33FN2/c1-6-8-20(16-27-17-24(4,18-27)15-19(3)26-5)9-10-21(7-2)22-11-13-23(25)14-12-22/h6,8-14H,7,15-18H2,1-5H3/b8-6+,20-9+,21-10+,26-19-. The van der Waals surface area contributed by atoms with Crippen LogP contribution in [0.1, 0.15) is 46.1 Å². The molecule has 0 atom stereocenters. The molecule has 0 spiro atoms. The third-order valence-electron chi connectivity index (χ3n) is 5.16. The van der Waals surface area contributed by atoms with E-state index in [0.717, 1.165) is 38.0 Å². The Labute approximate surface area is 164 Å². The Balaban J connectivity index is 2.05. The van der Waals surface area contributed by atoms with Crippen LogP contribution in [0.4, 0.5) is 4.39 Å². The molecule has 1 aromatic rings. The molecule has 1 heterocycles. The average Bonchev–Trinajstić information content (AvgIpc) is 2.62. The minimum atomic E-state index is -0.191. The summed E-state index contributed by atoms with van der Waals surface area (Å²) in [7, 11) is 1.88. The fourth-order valence-corrected chi connectivity index (χ4v) is 3.88. The van der Waals surface area contributed by atoms with Gasteiger partial charge in [-0.1, -0.05) is 50.3 Å². The first-order valence-corrected chi connectivity index (χ1v) is 9.82. The van der Waals surface area contributed by atoms with Crippen LogP contribution in [0.15, 0.2) is 59.1 Å². The van der Waals surface area contributed by atoms with Crippen LogP contribution in [0, 0.1) is 11.2 Å². The van der Waals surface area contributed by atoms with Crippen molar-refractivity contribution in [2.75, 3.05) is 26.7 Å². The third kappa shape index (κ3) is 6.28. The normalized spacial score (nSPS) is 18.8. The van der Waals surface area contributed by atoms with Crippen LogP contribution in [0.5, 0.6) is 0 Å². The summed E-state index contributed by atoms with van der Waals surface area (Å²) in [5.74, 6) is -0.191. The zero-order chi connectivity index (χ0) is 19.9. The molecule has 2 nitrogen and oxygen atoms in total. The number of halogens is 1. The van der Waals surface area contributed by atoms with Crippen LogP contribution in [0.25, 0.3) is 5.57 Å². The smallest absolute Gasteiger partial charge is 0.123 e. The van der Waals surface area contributed by atoms with Gasteiger partial charge in [0.25, 0.3) is 0 Å². The van der Waals surface area contributed by atoms with E-state index in [9.17, 15) is 4.39 Å². The molecular weight excluding hydrogens is 335 g/mol. The highest BCUT2D eigenvalue weighted by molar-refractivity contribution is 5.82. The van der Waals surface area contributed by atoms with E-state index >= 15 is 0 Å². The van der Waals surface area contributed by atoms with Gasteiger partial charge in [0.05, 0.1) is 0 Å². The van der Waals surface area contributed by atoms with Crippen molar-refractivity contribution in [3.63, 3.8) is 0 Å². The zero-order valence-electron chi connectivity index (χ0n) is 17.4. The average molecular weight is 369 g/mol. The summed E-state index contributed by atoms with van der Waals surface area (Å²) in [6.45, 7) is 11.8. The lowest BCUT2D eigenvalue weighted by atomic mass is 9.77. The van der Waals surface area contributed by atoms with Crippen molar-refractivity contribution in [1.82, 2.24) is 4.90 Å². The number of rotatable bonds is 8. The van der Waals surface area contributed by atoms with Crippen molar-refractivity contribution in [3.05, 3.63) is 65.5 Å². The summed E-state index contributed by atoms with van der Waals surface area (Å²) >= 11 is 0. The molecule has 1 saturated heterocycles. The van der Waals surface area contributed by atoms with Crippen LogP contribution >= 0.6 is 0 Å². The molecule has 0 radical (unpaired) electrons. The maximum atomic E-state index is 13.2. The quantitative estimate of drug-likeness (QED) is 0.410. The molecule has 0 saturated carbocycles. The van der Waals surface area contributed by atoms with Gasteiger partial charge in [-0.25, -0.2) is 4.39 Å². The van der Waals surface area contributed by atoms with E-state index in [-0.39, 0.29) is 5.82 Å². The molecule has 0 aromatic heterocycles. The number of nitrogens with zero attached hydrogens (tertiary/aromatic N) is 2. The molecule has 27 heavy (non-hydrogen) atoms. The maximum Gasteiger partial charge on any atom is 0.123 e. The Morgan fingerprint density at radius 2 is 1.89 bits per heavy atom. The van der Waals surface area contributed by atoms with Gasteiger partial charge in [-0.3, -0.25) is 9.89 Å². The summed E-state index contributed by atoms with van der Waals surface area (Å²) in [4.78, 5) is 6.80. The fraction of sp³-hybridized carbons (Fsp3) is 0.458. The molecule has 1 aliphatic heterocycles. The van der Waals surface area contributed by atoms with E-state index in [4.69, 9.17) is 0 Å². The Bertz CT molecular complexity index is 732. The number of likely N-dealkylation sites (tertiary alicyclic amines) is 1. The first-order valence-electron chi connectivity index (χ1n) is 9.82. The van der Waals surface area contributed by atoms with E-state index in [1.54, 1.807) is 0 Å². The van der Waals surface area contributed by atoms with E-state index in [0.29, 0.717) is 5.41 Å². The van der Waals surface area contributed by atoms with E-state index in [2.05, 4.69) is 61.9 Å². The van der Waals surface area contributed by atoms with E-state index in [1.165, 1.54) is 29.0 Å². The number of benzene rings is 1. The Kier molecular flexibility index (Phi) is 7.73. The third-order valence-corrected chi connectivity index (χ3v) is 5.16. The zero-order valence-corrected chi connectivity index (χ0v) is 17.4. The van der Waals surface area contributed by atoms with E-state index in [1.807, 2.05) is 19.2 Å². The van der Waals surface area contributed by atoms with Crippen molar-refractivity contribution >= 4 is 11.3 Å². The second-order valence-electron chi connectivity index (χ2n) is 7.89. The Morgan fingerprint density at radius 1 is 1.22 bits per heavy atom. The van der Waals surface area contributed by atoms with Crippen molar-refractivity contribution in [2.45, 2.75) is 40.5 Å². The molecule has 0 aliphatic carbocycles. The van der Waals surface area contributed by atoms with Gasteiger partial charge >= 0.3 is 0 Å². The molecule has 0 N–H and O–H groups in total. The highest BCUT2D eigenvalue weighted by Crippen LogP contribution is 2.34. The van der Waals surface area contributed by atoms with Crippen LogP contribution in [-0.2, 0) is 0 Å². The lowest BCUT2D eigenvalue weighted by Crippen LogP contribution is -2.55. The van der Waals surface area contributed by atoms with Crippen LogP contribution < -0.4 is 0 Å². The topological polar surface area (TPSA) is 15.6 Å². The number of allylic oxidation sites excluding steroid dienone is 4. The molecule has 0 bridgehead atoms. The van der Waals surface area contributed by atoms with E-state index < -0.39 is 0 Å². The van der Waals surface area contributed by atoms with Crippen molar-refractivity contribution < 1.29 is 4.39 Å². The molecule has 3 heteroatoms. The van der Waals surface area contributed by atoms with Crippen LogP contribution in [0.3, 0.4) is 0 Å². The second-order valence-corrected chi connectivity index (χ2v) is 7.89. The number of hydrogen-bond donors (Lipinski definition) is 0. The van der Waals surface area contributed by atoms with Crippen molar-refractivity contribution in [3.8, 4) is 0 Å². The predicted molar refractivity (Wildman–Crippen MR) is 116 cm³/mol. The molecule has 2 rings (SSSR count). The maximum absolute atomic E-state index is 13.2.